The van der Waals surface area contributed by atoms with Crippen LogP contribution in [0.5, 0.6) is 0 Å². The summed E-state index contributed by atoms with van der Waals surface area (Å²) in [6, 6.07) is 0. The quantitative estimate of drug-likeness (QED) is 0.754. The molecule has 1 rings (SSSR count). The van der Waals surface area contributed by atoms with E-state index in [1.165, 1.54) is 0 Å². The van der Waals surface area contributed by atoms with Gasteiger partial charge in [-0.05, 0) is 27.2 Å². The molecule has 0 spiro atoms. The second-order valence-corrected chi connectivity index (χ2v) is 4.10. The van der Waals surface area contributed by atoms with E-state index in [0.717, 1.165) is 36.5 Å². The first-order valence-electron chi connectivity index (χ1n) is 5.87. The van der Waals surface area contributed by atoms with Gasteiger partial charge in [-0.2, -0.15) is 5.10 Å². The first-order valence-corrected chi connectivity index (χ1v) is 5.87. The lowest BCUT2D eigenvalue weighted by Gasteiger charge is -2.07. The highest BCUT2D eigenvalue weighted by atomic mass is 16.5. The molecule has 1 aromatic rings. The lowest BCUT2D eigenvalue weighted by atomic mass is 10.1. The van der Waals surface area contributed by atoms with Crippen LogP contribution in [0.1, 0.15) is 43.3 Å². The zero-order chi connectivity index (χ0) is 12.1. The van der Waals surface area contributed by atoms with Crippen molar-refractivity contribution in [2.24, 2.45) is 0 Å². The minimum atomic E-state index is -0.453. The van der Waals surface area contributed by atoms with E-state index < -0.39 is 6.10 Å². The van der Waals surface area contributed by atoms with Crippen molar-refractivity contribution in [2.45, 2.75) is 46.8 Å². The van der Waals surface area contributed by atoms with Gasteiger partial charge < -0.3 is 9.84 Å². The Bertz CT molecular complexity index is 332. The highest BCUT2D eigenvalue weighted by Crippen LogP contribution is 2.20. The Kier molecular flexibility index (Phi) is 4.96. The third kappa shape index (κ3) is 3.06. The van der Waals surface area contributed by atoms with Crippen LogP contribution in [0.25, 0.3) is 0 Å². The lowest BCUT2D eigenvalue weighted by Crippen LogP contribution is -2.09. The molecule has 1 unspecified atom stereocenters. The van der Waals surface area contributed by atoms with Crippen molar-refractivity contribution in [1.29, 1.82) is 0 Å². The Hall–Kier alpha value is -0.870. The molecule has 0 bridgehead atoms. The van der Waals surface area contributed by atoms with Gasteiger partial charge in [0.1, 0.15) is 0 Å². The van der Waals surface area contributed by atoms with Crippen molar-refractivity contribution in [1.82, 2.24) is 9.78 Å². The second kappa shape index (κ2) is 6.01. The number of aliphatic hydroxyl groups excluding tert-OH is 1. The van der Waals surface area contributed by atoms with Crippen molar-refractivity contribution >= 4 is 0 Å². The van der Waals surface area contributed by atoms with Gasteiger partial charge in [0.15, 0.2) is 0 Å². The van der Waals surface area contributed by atoms with Crippen molar-refractivity contribution in [3.05, 3.63) is 17.0 Å². The Morgan fingerprint density at radius 2 is 2.06 bits per heavy atom. The van der Waals surface area contributed by atoms with Gasteiger partial charge in [0.05, 0.1) is 24.9 Å². The van der Waals surface area contributed by atoms with E-state index in [2.05, 4.69) is 12.0 Å². The zero-order valence-electron chi connectivity index (χ0n) is 10.7. The number of ether oxygens (including phenoxy) is 1. The standard InChI is InChI=1S/C12H22N2O2/c1-5-7-16-8-6-14-10(3)12(11(4)15)9(2)13-14/h11,15H,5-8H2,1-4H3. The molecule has 0 aromatic carbocycles. The molecule has 0 aliphatic heterocycles. The van der Waals surface area contributed by atoms with Gasteiger partial charge in [0.25, 0.3) is 0 Å². The van der Waals surface area contributed by atoms with Crippen molar-refractivity contribution in [2.75, 3.05) is 13.2 Å². The summed E-state index contributed by atoms with van der Waals surface area (Å²) >= 11 is 0. The van der Waals surface area contributed by atoms with Gasteiger partial charge in [-0.1, -0.05) is 6.92 Å². The molecule has 0 radical (unpaired) electrons. The molecule has 1 N–H and O–H groups in total. The average Bonchev–Trinajstić information content (AvgIpc) is 2.49. The van der Waals surface area contributed by atoms with Crippen LogP contribution in [0.2, 0.25) is 0 Å². The van der Waals surface area contributed by atoms with E-state index in [9.17, 15) is 5.11 Å². The molecule has 1 atom stereocenters. The van der Waals surface area contributed by atoms with E-state index >= 15 is 0 Å². The van der Waals surface area contributed by atoms with Gasteiger partial charge in [0.2, 0.25) is 0 Å². The average molecular weight is 226 g/mol. The van der Waals surface area contributed by atoms with E-state index in [0.29, 0.717) is 6.61 Å². The maximum absolute atomic E-state index is 9.62. The van der Waals surface area contributed by atoms with Crippen molar-refractivity contribution in [3.63, 3.8) is 0 Å². The fourth-order valence-corrected chi connectivity index (χ4v) is 1.93. The largest absolute Gasteiger partial charge is 0.389 e. The molecule has 16 heavy (non-hydrogen) atoms. The molecule has 0 saturated carbocycles. The summed E-state index contributed by atoms with van der Waals surface area (Å²) in [6.07, 6.45) is 0.584. The molecule has 0 aliphatic rings. The summed E-state index contributed by atoms with van der Waals surface area (Å²) in [4.78, 5) is 0. The van der Waals surface area contributed by atoms with Gasteiger partial charge in [-0.25, -0.2) is 0 Å². The molecule has 1 aromatic heterocycles. The predicted octanol–water partition coefficient (Wildman–Crippen LogP) is 1.98. The smallest absolute Gasteiger partial charge is 0.0797 e. The van der Waals surface area contributed by atoms with Crippen LogP contribution >= 0.6 is 0 Å². The molecule has 0 aliphatic carbocycles. The summed E-state index contributed by atoms with van der Waals surface area (Å²) in [5.74, 6) is 0. The Balaban J connectivity index is 2.64. The third-order valence-corrected chi connectivity index (χ3v) is 2.65. The number of rotatable bonds is 6. The summed E-state index contributed by atoms with van der Waals surface area (Å²) in [5.41, 5.74) is 2.88. The highest BCUT2D eigenvalue weighted by Gasteiger charge is 2.14. The van der Waals surface area contributed by atoms with Crippen LogP contribution in [0.15, 0.2) is 0 Å². The summed E-state index contributed by atoms with van der Waals surface area (Å²) in [7, 11) is 0. The maximum atomic E-state index is 9.62. The van der Waals surface area contributed by atoms with E-state index in [1.807, 2.05) is 18.5 Å². The van der Waals surface area contributed by atoms with Crippen molar-refractivity contribution in [3.8, 4) is 0 Å². The van der Waals surface area contributed by atoms with Crippen LogP contribution in [-0.2, 0) is 11.3 Å². The number of aromatic nitrogens is 2. The highest BCUT2D eigenvalue weighted by molar-refractivity contribution is 5.26. The van der Waals surface area contributed by atoms with Crippen molar-refractivity contribution < 1.29 is 9.84 Å². The number of hydrogen-bond acceptors (Lipinski definition) is 3. The normalized spacial score (nSPS) is 13.1. The number of nitrogens with zero attached hydrogens (tertiary/aromatic N) is 2. The van der Waals surface area contributed by atoms with Crippen LogP contribution in [0.4, 0.5) is 0 Å². The summed E-state index contributed by atoms with van der Waals surface area (Å²) in [6.45, 7) is 10.0. The molecular formula is C12H22N2O2. The predicted molar refractivity (Wildman–Crippen MR) is 63.4 cm³/mol. The van der Waals surface area contributed by atoms with Crippen LogP contribution in [0, 0.1) is 13.8 Å². The Labute approximate surface area is 97.2 Å². The fourth-order valence-electron chi connectivity index (χ4n) is 1.93. The van der Waals surface area contributed by atoms with Gasteiger partial charge in [0, 0.05) is 17.9 Å². The molecule has 4 nitrogen and oxygen atoms in total. The summed E-state index contributed by atoms with van der Waals surface area (Å²) < 4.78 is 7.34. The van der Waals surface area contributed by atoms with Gasteiger partial charge in [-0.15, -0.1) is 0 Å². The van der Waals surface area contributed by atoms with Gasteiger partial charge >= 0.3 is 0 Å². The molecule has 92 valence electrons. The zero-order valence-corrected chi connectivity index (χ0v) is 10.7. The SMILES string of the molecule is CCCOCCn1nc(C)c(C(C)O)c1C. The first-order chi connectivity index (χ1) is 7.57. The molecular weight excluding hydrogens is 204 g/mol. The lowest BCUT2D eigenvalue weighted by molar-refractivity contribution is 0.123. The van der Waals surface area contributed by atoms with E-state index in [4.69, 9.17) is 4.74 Å². The third-order valence-electron chi connectivity index (χ3n) is 2.65. The summed E-state index contributed by atoms with van der Waals surface area (Å²) in [5, 5.41) is 14.0. The fraction of sp³-hybridized carbons (Fsp3) is 0.750. The molecule has 0 fully saturated rings. The molecule has 1 heterocycles. The van der Waals surface area contributed by atoms with E-state index in [1.54, 1.807) is 6.92 Å². The first kappa shape index (κ1) is 13.2. The molecule has 0 saturated heterocycles. The van der Waals surface area contributed by atoms with Gasteiger partial charge in [-0.3, -0.25) is 4.68 Å². The second-order valence-electron chi connectivity index (χ2n) is 4.10. The Morgan fingerprint density at radius 1 is 1.38 bits per heavy atom. The van der Waals surface area contributed by atoms with Crippen LogP contribution in [0.3, 0.4) is 0 Å². The monoisotopic (exact) mass is 226 g/mol. The minimum Gasteiger partial charge on any atom is -0.389 e. The van der Waals surface area contributed by atoms with Crippen LogP contribution < -0.4 is 0 Å². The Morgan fingerprint density at radius 3 is 2.56 bits per heavy atom. The molecule has 4 heteroatoms. The minimum absolute atomic E-state index is 0.453. The molecule has 0 amide bonds. The van der Waals surface area contributed by atoms with Crippen LogP contribution in [-0.4, -0.2) is 28.1 Å². The number of hydrogen-bond donors (Lipinski definition) is 1. The van der Waals surface area contributed by atoms with E-state index in [-0.39, 0.29) is 0 Å². The maximum Gasteiger partial charge on any atom is 0.0797 e. The number of aryl methyl sites for hydroxylation is 1. The topological polar surface area (TPSA) is 47.3 Å². The number of aliphatic hydroxyl groups is 1.